The molecule has 0 aliphatic rings. The van der Waals surface area contributed by atoms with Crippen molar-refractivity contribution in [3.05, 3.63) is 33.7 Å². The molecule has 0 atom stereocenters. The van der Waals surface area contributed by atoms with Gasteiger partial charge in [0.25, 0.3) is 5.69 Å². The number of thiophene rings is 1. The SMILES string of the molecule is O=[N+]([O-])c1ccc2scc(O)c2c1. The molecule has 1 N–H and O–H groups in total. The lowest BCUT2D eigenvalue weighted by Gasteiger charge is -1.91. The van der Waals surface area contributed by atoms with Gasteiger partial charge in [-0.2, -0.15) is 0 Å². The Balaban J connectivity index is 2.72. The predicted octanol–water partition coefficient (Wildman–Crippen LogP) is 2.52. The van der Waals surface area contributed by atoms with E-state index in [0.717, 1.165) is 4.70 Å². The molecule has 0 fully saturated rings. The van der Waals surface area contributed by atoms with Crippen molar-refractivity contribution >= 4 is 27.1 Å². The molecule has 2 aromatic rings. The maximum absolute atomic E-state index is 10.4. The molecule has 1 aromatic heterocycles. The summed E-state index contributed by atoms with van der Waals surface area (Å²) in [7, 11) is 0. The zero-order valence-electron chi connectivity index (χ0n) is 6.43. The quantitative estimate of drug-likeness (QED) is 0.561. The number of rotatable bonds is 1. The van der Waals surface area contributed by atoms with Crippen LogP contribution >= 0.6 is 11.3 Å². The summed E-state index contributed by atoms with van der Waals surface area (Å²) in [5.74, 6) is 0.101. The summed E-state index contributed by atoms with van der Waals surface area (Å²) in [6, 6.07) is 4.44. The maximum atomic E-state index is 10.4. The number of fused-ring (bicyclic) bond motifs is 1. The molecule has 2 rings (SSSR count). The lowest BCUT2D eigenvalue weighted by atomic mass is 10.2. The van der Waals surface area contributed by atoms with Gasteiger partial charge in [0.2, 0.25) is 0 Å². The number of nitrogens with zero attached hydrogens (tertiary/aromatic N) is 1. The van der Waals surface area contributed by atoms with E-state index in [-0.39, 0.29) is 11.4 Å². The van der Waals surface area contributed by atoms with E-state index in [4.69, 9.17) is 0 Å². The Kier molecular flexibility index (Phi) is 1.66. The molecule has 0 spiro atoms. The number of aromatic hydroxyl groups is 1. The summed E-state index contributed by atoms with van der Waals surface area (Å²) in [5.41, 5.74) is 0.00111. The van der Waals surface area contributed by atoms with Gasteiger partial charge in [0.1, 0.15) is 5.75 Å². The van der Waals surface area contributed by atoms with Gasteiger partial charge < -0.3 is 5.11 Å². The number of hydrogen-bond acceptors (Lipinski definition) is 4. The van der Waals surface area contributed by atoms with E-state index in [9.17, 15) is 15.2 Å². The first-order chi connectivity index (χ1) is 6.18. The van der Waals surface area contributed by atoms with E-state index < -0.39 is 4.92 Å². The fraction of sp³-hybridized carbons (Fsp3) is 0. The van der Waals surface area contributed by atoms with E-state index in [1.165, 1.54) is 23.5 Å². The summed E-state index contributed by atoms with van der Waals surface area (Å²) >= 11 is 1.36. The van der Waals surface area contributed by atoms with Crippen molar-refractivity contribution in [2.24, 2.45) is 0 Å². The van der Waals surface area contributed by atoms with E-state index in [2.05, 4.69) is 0 Å². The van der Waals surface area contributed by atoms with Gasteiger partial charge in [-0.05, 0) is 6.07 Å². The largest absolute Gasteiger partial charge is 0.506 e. The third-order valence-electron chi connectivity index (χ3n) is 1.75. The molecule has 1 aromatic carbocycles. The number of nitro benzene ring substituents is 1. The van der Waals surface area contributed by atoms with Crippen LogP contribution < -0.4 is 0 Å². The monoisotopic (exact) mass is 195 g/mol. The third kappa shape index (κ3) is 1.23. The Morgan fingerprint density at radius 2 is 2.23 bits per heavy atom. The Morgan fingerprint density at radius 1 is 1.46 bits per heavy atom. The fourth-order valence-corrected chi connectivity index (χ4v) is 1.92. The van der Waals surface area contributed by atoms with Crippen molar-refractivity contribution in [2.45, 2.75) is 0 Å². The number of non-ortho nitro benzene ring substituents is 1. The number of benzene rings is 1. The average molecular weight is 195 g/mol. The minimum atomic E-state index is -0.476. The maximum Gasteiger partial charge on any atom is 0.270 e. The van der Waals surface area contributed by atoms with Gasteiger partial charge in [0, 0.05) is 27.6 Å². The highest BCUT2D eigenvalue weighted by molar-refractivity contribution is 7.17. The van der Waals surface area contributed by atoms with Crippen LogP contribution in [-0.2, 0) is 0 Å². The van der Waals surface area contributed by atoms with Crippen LogP contribution in [-0.4, -0.2) is 10.0 Å². The molecule has 0 aliphatic carbocycles. The minimum absolute atomic E-state index is 0.00111. The minimum Gasteiger partial charge on any atom is -0.506 e. The van der Waals surface area contributed by atoms with Crippen LogP contribution in [0.1, 0.15) is 0 Å². The van der Waals surface area contributed by atoms with Gasteiger partial charge in [-0.3, -0.25) is 10.1 Å². The summed E-state index contributed by atoms with van der Waals surface area (Å²) in [6.45, 7) is 0. The predicted molar refractivity (Wildman–Crippen MR) is 50.1 cm³/mol. The summed E-state index contributed by atoms with van der Waals surface area (Å²) < 4.78 is 0.850. The molecule has 13 heavy (non-hydrogen) atoms. The Labute approximate surface area is 77.2 Å². The molecular weight excluding hydrogens is 190 g/mol. The first-order valence-electron chi connectivity index (χ1n) is 3.53. The molecule has 66 valence electrons. The standard InChI is InChI=1S/C8H5NO3S/c10-7-4-13-8-2-1-5(9(11)12)3-6(7)8/h1-4,10H. The van der Waals surface area contributed by atoms with Gasteiger partial charge in [-0.15, -0.1) is 11.3 Å². The van der Waals surface area contributed by atoms with E-state index in [1.54, 1.807) is 11.4 Å². The van der Waals surface area contributed by atoms with Crippen molar-refractivity contribution in [1.29, 1.82) is 0 Å². The lowest BCUT2D eigenvalue weighted by Crippen LogP contribution is -1.85. The molecule has 1 heterocycles. The van der Waals surface area contributed by atoms with Gasteiger partial charge in [-0.1, -0.05) is 0 Å². The van der Waals surface area contributed by atoms with Gasteiger partial charge in [-0.25, -0.2) is 0 Å². The third-order valence-corrected chi connectivity index (χ3v) is 2.70. The van der Waals surface area contributed by atoms with E-state index >= 15 is 0 Å². The smallest absolute Gasteiger partial charge is 0.270 e. The zero-order chi connectivity index (χ0) is 9.42. The van der Waals surface area contributed by atoms with Gasteiger partial charge >= 0.3 is 0 Å². The fourth-order valence-electron chi connectivity index (χ4n) is 1.12. The summed E-state index contributed by atoms with van der Waals surface area (Å²) in [4.78, 5) is 9.93. The van der Waals surface area contributed by atoms with Gasteiger partial charge in [0.15, 0.2) is 0 Å². The van der Waals surface area contributed by atoms with Crippen molar-refractivity contribution in [2.75, 3.05) is 0 Å². The van der Waals surface area contributed by atoms with Crippen LogP contribution in [0.5, 0.6) is 5.75 Å². The van der Waals surface area contributed by atoms with Crippen LogP contribution in [0, 0.1) is 10.1 Å². The van der Waals surface area contributed by atoms with Crippen molar-refractivity contribution in [1.82, 2.24) is 0 Å². The topological polar surface area (TPSA) is 63.4 Å². The molecule has 0 radical (unpaired) electrons. The zero-order valence-corrected chi connectivity index (χ0v) is 7.25. The second-order valence-electron chi connectivity index (χ2n) is 2.56. The van der Waals surface area contributed by atoms with Crippen LogP contribution in [0.2, 0.25) is 0 Å². The molecular formula is C8H5NO3S. The highest BCUT2D eigenvalue weighted by Gasteiger charge is 2.09. The Bertz CT molecular complexity index is 477. The molecule has 4 nitrogen and oxygen atoms in total. The van der Waals surface area contributed by atoms with Crippen molar-refractivity contribution < 1.29 is 10.0 Å². The lowest BCUT2D eigenvalue weighted by molar-refractivity contribution is -0.384. The normalized spacial score (nSPS) is 10.5. The second-order valence-corrected chi connectivity index (χ2v) is 3.47. The van der Waals surface area contributed by atoms with Crippen molar-refractivity contribution in [3.63, 3.8) is 0 Å². The molecule has 0 bridgehead atoms. The highest BCUT2D eigenvalue weighted by Crippen LogP contribution is 2.33. The molecule has 0 unspecified atom stereocenters. The molecule has 5 heteroatoms. The average Bonchev–Trinajstić information content (AvgIpc) is 2.47. The number of hydrogen-bond donors (Lipinski definition) is 1. The summed E-state index contributed by atoms with van der Waals surface area (Å²) in [5, 5.41) is 21.8. The number of nitro groups is 1. The van der Waals surface area contributed by atoms with Crippen molar-refractivity contribution in [3.8, 4) is 5.75 Å². The summed E-state index contributed by atoms with van der Waals surface area (Å²) in [6.07, 6.45) is 0. The highest BCUT2D eigenvalue weighted by atomic mass is 32.1. The van der Waals surface area contributed by atoms with E-state index in [1.807, 2.05) is 0 Å². The second kappa shape index (κ2) is 2.70. The first kappa shape index (κ1) is 8.00. The van der Waals surface area contributed by atoms with Gasteiger partial charge in [0.05, 0.1) is 4.92 Å². The Morgan fingerprint density at radius 3 is 2.92 bits per heavy atom. The van der Waals surface area contributed by atoms with Crippen LogP contribution in [0.4, 0.5) is 5.69 Å². The van der Waals surface area contributed by atoms with Crippen LogP contribution in [0.3, 0.4) is 0 Å². The first-order valence-corrected chi connectivity index (χ1v) is 4.41. The van der Waals surface area contributed by atoms with Crippen LogP contribution in [0.25, 0.3) is 10.1 Å². The molecule has 0 saturated heterocycles. The molecule has 0 amide bonds. The molecule has 0 saturated carbocycles. The van der Waals surface area contributed by atoms with E-state index in [0.29, 0.717) is 5.39 Å². The van der Waals surface area contributed by atoms with Crippen LogP contribution in [0.15, 0.2) is 23.6 Å². The molecule has 0 aliphatic heterocycles. The Hall–Kier alpha value is -1.62.